The van der Waals surface area contributed by atoms with Gasteiger partial charge < -0.3 is 19.1 Å². The maximum atomic E-state index is 12.7. The predicted octanol–water partition coefficient (Wildman–Crippen LogP) is 4.72. The number of amides is 1. The SMILES string of the molecule is CCOc1ccccc1OCCCC(=O)N1CCN(Cc2csc(-c3ccc(OC)cc3)n2)CC1. The van der Waals surface area contributed by atoms with E-state index in [1.54, 1.807) is 18.4 Å². The zero-order valence-electron chi connectivity index (χ0n) is 20.4. The molecule has 1 amide bonds. The lowest BCUT2D eigenvalue weighted by molar-refractivity contribution is -0.133. The second-order valence-electron chi connectivity index (χ2n) is 8.36. The van der Waals surface area contributed by atoms with Crippen molar-refractivity contribution in [2.75, 3.05) is 46.5 Å². The van der Waals surface area contributed by atoms with E-state index in [0.29, 0.717) is 26.1 Å². The number of para-hydroxylation sites is 2. The normalized spacial score (nSPS) is 14.1. The van der Waals surface area contributed by atoms with Gasteiger partial charge in [0.15, 0.2) is 11.5 Å². The molecule has 7 nitrogen and oxygen atoms in total. The van der Waals surface area contributed by atoms with Crippen molar-refractivity contribution in [3.63, 3.8) is 0 Å². The van der Waals surface area contributed by atoms with Gasteiger partial charge in [-0.1, -0.05) is 12.1 Å². The van der Waals surface area contributed by atoms with Gasteiger partial charge in [0.2, 0.25) is 5.91 Å². The average Bonchev–Trinajstić information content (AvgIpc) is 3.36. The molecule has 2 heterocycles. The summed E-state index contributed by atoms with van der Waals surface area (Å²) in [5.74, 6) is 2.51. The standard InChI is InChI=1S/C27H33N3O4S/c1-3-33-24-7-4-5-8-25(24)34-18-6-9-26(31)30-16-14-29(15-17-30)19-22-20-35-27(28-22)21-10-12-23(32-2)13-11-21/h4-5,7-8,10-13,20H,3,6,9,14-19H2,1-2H3. The molecule has 0 atom stereocenters. The summed E-state index contributed by atoms with van der Waals surface area (Å²) in [4.78, 5) is 21.8. The van der Waals surface area contributed by atoms with E-state index in [0.717, 1.165) is 66.2 Å². The fraction of sp³-hybridized carbons (Fsp3) is 0.407. The van der Waals surface area contributed by atoms with E-state index in [1.807, 2.05) is 60.4 Å². The number of nitrogens with zero attached hydrogens (tertiary/aromatic N) is 3. The molecule has 0 N–H and O–H groups in total. The topological polar surface area (TPSA) is 64.1 Å². The molecule has 0 saturated carbocycles. The Kier molecular flexibility index (Phi) is 8.97. The molecular weight excluding hydrogens is 462 g/mol. The molecule has 8 heteroatoms. The summed E-state index contributed by atoms with van der Waals surface area (Å²) in [5.41, 5.74) is 2.17. The summed E-state index contributed by atoms with van der Waals surface area (Å²) >= 11 is 1.66. The maximum absolute atomic E-state index is 12.7. The van der Waals surface area contributed by atoms with Gasteiger partial charge in [-0.15, -0.1) is 11.3 Å². The Bertz CT molecular complexity index is 1080. The van der Waals surface area contributed by atoms with Crippen LogP contribution in [0, 0.1) is 0 Å². The number of piperazine rings is 1. The van der Waals surface area contributed by atoms with E-state index in [2.05, 4.69) is 10.3 Å². The highest BCUT2D eigenvalue weighted by molar-refractivity contribution is 7.13. The molecule has 35 heavy (non-hydrogen) atoms. The molecule has 0 spiro atoms. The highest BCUT2D eigenvalue weighted by atomic mass is 32.1. The number of hydrogen-bond donors (Lipinski definition) is 0. The number of rotatable bonds is 11. The molecular formula is C27H33N3O4S. The summed E-state index contributed by atoms with van der Waals surface area (Å²) in [6, 6.07) is 15.6. The third-order valence-corrected chi connectivity index (χ3v) is 6.88. The van der Waals surface area contributed by atoms with Crippen LogP contribution in [0.5, 0.6) is 17.2 Å². The molecule has 0 aliphatic carbocycles. The van der Waals surface area contributed by atoms with Crippen molar-refractivity contribution >= 4 is 17.2 Å². The van der Waals surface area contributed by atoms with Crippen LogP contribution in [0.2, 0.25) is 0 Å². The van der Waals surface area contributed by atoms with Gasteiger partial charge in [0.1, 0.15) is 10.8 Å². The molecule has 0 unspecified atom stereocenters. The summed E-state index contributed by atoms with van der Waals surface area (Å²) < 4.78 is 16.7. The molecule has 1 aliphatic rings. The van der Waals surface area contributed by atoms with Crippen LogP contribution >= 0.6 is 11.3 Å². The van der Waals surface area contributed by atoms with Crippen LogP contribution in [0.25, 0.3) is 10.6 Å². The first kappa shape index (κ1) is 25.0. The van der Waals surface area contributed by atoms with Gasteiger partial charge in [0.25, 0.3) is 0 Å². The Hall–Kier alpha value is -3.10. The first-order valence-electron chi connectivity index (χ1n) is 12.1. The minimum atomic E-state index is 0.196. The number of methoxy groups -OCH3 is 1. The highest BCUT2D eigenvalue weighted by Crippen LogP contribution is 2.27. The number of thiazole rings is 1. The summed E-state index contributed by atoms with van der Waals surface area (Å²) in [7, 11) is 1.67. The molecule has 186 valence electrons. The molecule has 0 bridgehead atoms. The van der Waals surface area contributed by atoms with Gasteiger partial charge in [-0.05, 0) is 49.7 Å². The number of aromatic nitrogens is 1. The van der Waals surface area contributed by atoms with Crippen LogP contribution < -0.4 is 14.2 Å². The number of carbonyl (C=O) groups excluding carboxylic acids is 1. The lowest BCUT2D eigenvalue weighted by Crippen LogP contribution is -2.48. The minimum Gasteiger partial charge on any atom is -0.497 e. The van der Waals surface area contributed by atoms with Gasteiger partial charge in [0.05, 0.1) is 26.0 Å². The van der Waals surface area contributed by atoms with Crippen molar-refractivity contribution in [1.29, 1.82) is 0 Å². The molecule has 1 aromatic heterocycles. The summed E-state index contributed by atoms with van der Waals surface area (Å²) in [6.45, 7) is 7.07. The Labute approximate surface area is 211 Å². The zero-order chi connectivity index (χ0) is 24.5. The molecule has 1 aliphatic heterocycles. The Balaban J connectivity index is 1.17. The number of hydrogen-bond acceptors (Lipinski definition) is 7. The summed E-state index contributed by atoms with van der Waals surface area (Å²) in [5, 5.41) is 3.14. The number of benzene rings is 2. The smallest absolute Gasteiger partial charge is 0.222 e. The first-order chi connectivity index (χ1) is 17.2. The second-order valence-corrected chi connectivity index (χ2v) is 9.22. The quantitative estimate of drug-likeness (QED) is 0.359. The molecule has 1 fully saturated rings. The van der Waals surface area contributed by atoms with Crippen LogP contribution in [0.15, 0.2) is 53.9 Å². The van der Waals surface area contributed by atoms with Crippen molar-refractivity contribution in [1.82, 2.24) is 14.8 Å². The van der Waals surface area contributed by atoms with Crippen molar-refractivity contribution in [2.24, 2.45) is 0 Å². The van der Waals surface area contributed by atoms with Gasteiger partial charge in [-0.2, -0.15) is 0 Å². The molecule has 2 aromatic carbocycles. The first-order valence-corrected chi connectivity index (χ1v) is 13.0. The van der Waals surface area contributed by atoms with E-state index in [-0.39, 0.29) is 5.91 Å². The van der Waals surface area contributed by atoms with E-state index in [9.17, 15) is 4.79 Å². The van der Waals surface area contributed by atoms with E-state index in [4.69, 9.17) is 19.2 Å². The van der Waals surface area contributed by atoms with Crippen LogP contribution in [0.4, 0.5) is 0 Å². The largest absolute Gasteiger partial charge is 0.497 e. The number of carbonyl (C=O) groups is 1. The Morgan fingerprint density at radius 2 is 1.71 bits per heavy atom. The molecule has 3 aromatic rings. The predicted molar refractivity (Wildman–Crippen MR) is 138 cm³/mol. The van der Waals surface area contributed by atoms with Gasteiger partial charge in [0, 0.05) is 50.1 Å². The van der Waals surface area contributed by atoms with Gasteiger partial charge in [-0.25, -0.2) is 4.98 Å². The zero-order valence-corrected chi connectivity index (χ0v) is 21.3. The van der Waals surface area contributed by atoms with Crippen LogP contribution in [-0.2, 0) is 11.3 Å². The van der Waals surface area contributed by atoms with E-state index >= 15 is 0 Å². The van der Waals surface area contributed by atoms with Crippen LogP contribution in [0.3, 0.4) is 0 Å². The van der Waals surface area contributed by atoms with Gasteiger partial charge in [-0.3, -0.25) is 9.69 Å². The van der Waals surface area contributed by atoms with E-state index in [1.165, 1.54) is 0 Å². The minimum absolute atomic E-state index is 0.196. The van der Waals surface area contributed by atoms with Crippen molar-refractivity contribution in [3.05, 3.63) is 59.6 Å². The van der Waals surface area contributed by atoms with Crippen LogP contribution in [0.1, 0.15) is 25.5 Å². The fourth-order valence-electron chi connectivity index (χ4n) is 4.04. The highest BCUT2D eigenvalue weighted by Gasteiger charge is 2.21. The molecule has 0 radical (unpaired) electrons. The fourth-order valence-corrected chi connectivity index (χ4v) is 4.86. The van der Waals surface area contributed by atoms with Crippen molar-refractivity contribution in [3.8, 4) is 27.8 Å². The van der Waals surface area contributed by atoms with E-state index < -0.39 is 0 Å². The van der Waals surface area contributed by atoms with Crippen molar-refractivity contribution < 1.29 is 19.0 Å². The van der Waals surface area contributed by atoms with Crippen LogP contribution in [-0.4, -0.2) is 67.2 Å². The third kappa shape index (κ3) is 6.96. The summed E-state index contributed by atoms with van der Waals surface area (Å²) in [6.07, 6.45) is 1.18. The Morgan fingerprint density at radius 1 is 1.00 bits per heavy atom. The third-order valence-electron chi connectivity index (χ3n) is 5.94. The lowest BCUT2D eigenvalue weighted by atomic mass is 10.2. The van der Waals surface area contributed by atoms with Gasteiger partial charge >= 0.3 is 0 Å². The lowest BCUT2D eigenvalue weighted by Gasteiger charge is -2.34. The average molecular weight is 496 g/mol. The van der Waals surface area contributed by atoms with Crippen molar-refractivity contribution in [2.45, 2.75) is 26.3 Å². The number of ether oxygens (including phenoxy) is 3. The second kappa shape index (κ2) is 12.6. The maximum Gasteiger partial charge on any atom is 0.222 e. The molecule has 4 rings (SSSR count). The Morgan fingerprint density at radius 3 is 2.40 bits per heavy atom. The monoisotopic (exact) mass is 495 g/mol. The molecule has 1 saturated heterocycles.